The van der Waals surface area contributed by atoms with Crippen LogP contribution in [0.5, 0.6) is 0 Å². The molecular formula is C27H32N2O2. The highest BCUT2D eigenvalue weighted by Crippen LogP contribution is 2.25. The molecule has 0 aromatic carbocycles. The van der Waals surface area contributed by atoms with Crippen LogP contribution in [0.4, 0.5) is 0 Å². The molecule has 0 aromatic heterocycles. The molecular weight excluding hydrogens is 384 g/mol. The molecule has 0 aliphatic carbocycles. The summed E-state index contributed by atoms with van der Waals surface area (Å²) in [5.41, 5.74) is 3.98. The van der Waals surface area contributed by atoms with Crippen molar-refractivity contribution in [3.05, 3.63) is 134 Å². The zero-order valence-electron chi connectivity index (χ0n) is 18.4. The fourth-order valence-electron chi connectivity index (χ4n) is 3.27. The van der Waals surface area contributed by atoms with Gasteiger partial charge in [-0.1, -0.05) is 69.4 Å². The second-order valence-corrected chi connectivity index (χ2v) is 6.83. The van der Waals surface area contributed by atoms with E-state index in [0.717, 1.165) is 34.1 Å². The van der Waals surface area contributed by atoms with Gasteiger partial charge in [0.05, 0.1) is 0 Å². The van der Waals surface area contributed by atoms with E-state index in [-0.39, 0.29) is 0 Å². The first-order chi connectivity index (χ1) is 15.1. The second-order valence-electron chi connectivity index (χ2n) is 6.83. The summed E-state index contributed by atoms with van der Waals surface area (Å²) in [6.07, 6.45) is 20.7. The molecule has 4 nitrogen and oxygen atoms in total. The molecule has 31 heavy (non-hydrogen) atoms. The molecule has 0 saturated heterocycles. The van der Waals surface area contributed by atoms with Crippen molar-refractivity contribution in [1.29, 1.82) is 0 Å². The fraction of sp³-hybridized carbons (Fsp3) is 0.185. The summed E-state index contributed by atoms with van der Waals surface area (Å²) in [5, 5.41) is 0. The first-order valence-electron chi connectivity index (χ1n) is 10.2. The van der Waals surface area contributed by atoms with E-state index in [1.165, 1.54) is 0 Å². The largest absolute Gasteiger partial charge is 0.473 e. The minimum atomic E-state index is 0.411. The highest BCUT2D eigenvalue weighted by Gasteiger charge is 2.21. The molecule has 4 heteroatoms. The molecule has 0 radical (unpaired) electrons. The van der Waals surface area contributed by atoms with Gasteiger partial charge in [-0.25, -0.2) is 0 Å². The third-order valence-electron chi connectivity index (χ3n) is 4.81. The summed E-state index contributed by atoms with van der Waals surface area (Å²) < 4.78 is 11.9. The highest BCUT2D eigenvalue weighted by atomic mass is 16.5. The van der Waals surface area contributed by atoms with Gasteiger partial charge in [0.1, 0.15) is 11.5 Å². The van der Waals surface area contributed by atoms with Crippen LogP contribution in [0.1, 0.15) is 6.92 Å². The van der Waals surface area contributed by atoms with E-state index in [1.54, 1.807) is 18.2 Å². The minimum Gasteiger partial charge on any atom is -0.473 e. The zero-order valence-corrected chi connectivity index (χ0v) is 18.4. The van der Waals surface area contributed by atoms with E-state index >= 15 is 0 Å². The van der Waals surface area contributed by atoms with E-state index < -0.39 is 0 Å². The smallest absolute Gasteiger partial charge is 0.161 e. The van der Waals surface area contributed by atoms with Gasteiger partial charge in [-0.15, -0.1) is 0 Å². The van der Waals surface area contributed by atoms with Gasteiger partial charge in [0.15, 0.2) is 13.5 Å². The van der Waals surface area contributed by atoms with Gasteiger partial charge in [0.25, 0.3) is 0 Å². The summed E-state index contributed by atoms with van der Waals surface area (Å²) in [4.78, 5) is 4.25. The van der Waals surface area contributed by atoms with Crippen molar-refractivity contribution in [3.63, 3.8) is 0 Å². The fourth-order valence-corrected chi connectivity index (χ4v) is 3.27. The second kappa shape index (κ2) is 12.1. The van der Waals surface area contributed by atoms with Crippen molar-refractivity contribution in [2.45, 2.75) is 6.92 Å². The topological polar surface area (TPSA) is 24.9 Å². The predicted molar refractivity (Wildman–Crippen MR) is 130 cm³/mol. The van der Waals surface area contributed by atoms with Gasteiger partial charge in [-0.05, 0) is 37.3 Å². The van der Waals surface area contributed by atoms with Crippen LogP contribution in [0.2, 0.25) is 0 Å². The van der Waals surface area contributed by atoms with Crippen LogP contribution in [0, 0.1) is 0 Å². The number of hydrogen-bond donors (Lipinski definition) is 0. The summed E-state index contributed by atoms with van der Waals surface area (Å²) in [5.74, 6) is 1.62. The normalized spacial score (nSPS) is 18.2. The molecule has 0 aromatic rings. The molecule has 0 N–H and O–H groups in total. The monoisotopic (exact) mass is 416 g/mol. The zero-order chi connectivity index (χ0) is 22.6. The minimum absolute atomic E-state index is 0.411. The molecule has 0 unspecified atom stereocenters. The lowest BCUT2D eigenvalue weighted by molar-refractivity contribution is 0.0874. The van der Waals surface area contributed by atoms with E-state index in [1.807, 2.05) is 49.5 Å². The number of rotatable bonds is 10. The summed E-state index contributed by atoms with van der Waals surface area (Å²) in [6, 6.07) is 0. The van der Waals surface area contributed by atoms with Crippen LogP contribution in [0.25, 0.3) is 0 Å². The van der Waals surface area contributed by atoms with E-state index in [0.29, 0.717) is 26.6 Å². The molecule has 2 aliphatic rings. The molecule has 0 atom stereocenters. The molecule has 0 spiro atoms. The number of allylic oxidation sites excluding steroid dienone is 9. The summed E-state index contributed by atoms with van der Waals surface area (Å²) in [6.45, 7) is 23.6. The number of ether oxygens (including phenoxy) is 2. The van der Waals surface area contributed by atoms with Crippen molar-refractivity contribution in [1.82, 2.24) is 9.80 Å². The standard InChI is InChI=1S/C27H32N2O2/c1-7-13-16-27-22(10-4)18-28(20-31-27)24(11-5)17-25(15-9-3)29-19-23(14-8-2)26(12-6)30-21-29/h7-17H,1,3-6,18-21H2,2H3/b14-8-,16-13-,24-17+,25-15+. The van der Waals surface area contributed by atoms with Crippen molar-refractivity contribution < 1.29 is 9.47 Å². The molecule has 2 rings (SSSR count). The molecule has 2 heterocycles. The Morgan fingerprint density at radius 3 is 2.06 bits per heavy atom. The SMILES string of the molecule is C=C/C=C\C1=C(C=C)CN(/C(C=C)=C/C(=C\C=C)N2COC(C=C)=C(/C=C\C)C2)CO1. The molecule has 162 valence electrons. The van der Waals surface area contributed by atoms with Gasteiger partial charge in [0.2, 0.25) is 0 Å². The third-order valence-corrected chi connectivity index (χ3v) is 4.81. The molecule has 0 saturated carbocycles. The maximum Gasteiger partial charge on any atom is 0.161 e. The molecule has 0 amide bonds. The average Bonchev–Trinajstić information content (AvgIpc) is 2.80. The van der Waals surface area contributed by atoms with Crippen LogP contribution < -0.4 is 0 Å². The third kappa shape index (κ3) is 6.16. The number of hydrogen-bond acceptors (Lipinski definition) is 4. The lowest BCUT2D eigenvalue weighted by atomic mass is 10.1. The van der Waals surface area contributed by atoms with Crippen molar-refractivity contribution in [2.24, 2.45) is 0 Å². The summed E-state index contributed by atoms with van der Waals surface area (Å²) >= 11 is 0. The Bertz CT molecular complexity index is 910. The summed E-state index contributed by atoms with van der Waals surface area (Å²) in [7, 11) is 0. The van der Waals surface area contributed by atoms with Crippen molar-refractivity contribution in [2.75, 3.05) is 26.6 Å². The van der Waals surface area contributed by atoms with Gasteiger partial charge >= 0.3 is 0 Å². The molecule has 2 aliphatic heterocycles. The Labute approximate surface area is 186 Å². The Morgan fingerprint density at radius 1 is 0.806 bits per heavy atom. The van der Waals surface area contributed by atoms with Gasteiger partial charge in [0, 0.05) is 35.6 Å². The van der Waals surface area contributed by atoms with Crippen LogP contribution in [-0.4, -0.2) is 36.4 Å². The average molecular weight is 417 g/mol. The predicted octanol–water partition coefficient (Wildman–Crippen LogP) is 5.90. The van der Waals surface area contributed by atoms with E-state index in [2.05, 4.69) is 48.8 Å². The lowest BCUT2D eigenvalue weighted by Crippen LogP contribution is -2.34. The Hall–Kier alpha value is -3.66. The maximum atomic E-state index is 5.95. The van der Waals surface area contributed by atoms with Gasteiger partial charge in [-0.3, -0.25) is 0 Å². The van der Waals surface area contributed by atoms with Crippen LogP contribution >= 0.6 is 0 Å². The van der Waals surface area contributed by atoms with Crippen molar-refractivity contribution in [3.8, 4) is 0 Å². The van der Waals surface area contributed by atoms with Crippen LogP contribution in [0.15, 0.2) is 134 Å². The molecule has 0 fully saturated rings. The Balaban J connectivity index is 2.31. The van der Waals surface area contributed by atoms with Crippen LogP contribution in [-0.2, 0) is 9.47 Å². The lowest BCUT2D eigenvalue weighted by Gasteiger charge is -2.34. The quantitative estimate of drug-likeness (QED) is 0.414. The Morgan fingerprint density at radius 2 is 1.48 bits per heavy atom. The first-order valence-corrected chi connectivity index (χ1v) is 10.2. The van der Waals surface area contributed by atoms with Gasteiger partial charge < -0.3 is 19.3 Å². The number of nitrogens with zero attached hydrogens (tertiary/aromatic N) is 2. The maximum absolute atomic E-state index is 5.95. The molecule has 0 bridgehead atoms. The van der Waals surface area contributed by atoms with Crippen LogP contribution in [0.3, 0.4) is 0 Å². The highest BCUT2D eigenvalue weighted by molar-refractivity contribution is 5.38. The van der Waals surface area contributed by atoms with Gasteiger partial charge in [-0.2, -0.15) is 0 Å². The van der Waals surface area contributed by atoms with Crippen molar-refractivity contribution >= 4 is 0 Å². The van der Waals surface area contributed by atoms with E-state index in [4.69, 9.17) is 9.47 Å². The Kier molecular flexibility index (Phi) is 9.24. The first kappa shape index (κ1) is 23.6. The van der Waals surface area contributed by atoms with E-state index in [9.17, 15) is 0 Å².